The Hall–Kier alpha value is -1.75. The van der Waals surface area contributed by atoms with Crippen LogP contribution in [0.15, 0.2) is 22.9 Å². The molecular formula is C13H18N4O. The first-order chi connectivity index (χ1) is 8.74. The van der Waals surface area contributed by atoms with Gasteiger partial charge in [0, 0.05) is 18.7 Å². The van der Waals surface area contributed by atoms with Gasteiger partial charge >= 0.3 is 0 Å². The number of rotatable bonds is 5. The smallest absolute Gasteiger partial charge is 0.228 e. The molecule has 2 heterocycles. The molecule has 96 valence electrons. The molecule has 2 aromatic heterocycles. The molecule has 0 saturated carbocycles. The molecule has 0 aliphatic rings. The zero-order valence-electron chi connectivity index (χ0n) is 11.0. The van der Waals surface area contributed by atoms with Gasteiger partial charge in [0.15, 0.2) is 0 Å². The lowest BCUT2D eigenvalue weighted by Crippen LogP contribution is -2.26. The van der Waals surface area contributed by atoms with Crippen LogP contribution in [0.4, 0.5) is 0 Å². The zero-order valence-corrected chi connectivity index (χ0v) is 11.0. The first-order valence-corrected chi connectivity index (χ1v) is 6.16. The van der Waals surface area contributed by atoms with Crippen molar-refractivity contribution in [3.05, 3.63) is 29.8 Å². The van der Waals surface area contributed by atoms with Crippen LogP contribution in [-0.4, -0.2) is 28.2 Å². The Morgan fingerprint density at radius 1 is 1.44 bits per heavy atom. The molecule has 18 heavy (non-hydrogen) atoms. The third kappa shape index (κ3) is 2.73. The number of aryl methyl sites for hydroxylation is 1. The molecule has 0 amide bonds. The fourth-order valence-corrected chi connectivity index (χ4v) is 1.82. The van der Waals surface area contributed by atoms with E-state index in [-0.39, 0.29) is 0 Å². The summed E-state index contributed by atoms with van der Waals surface area (Å²) in [7, 11) is 1.94. The molecule has 0 saturated heterocycles. The molecule has 0 fully saturated rings. The fourth-order valence-electron chi connectivity index (χ4n) is 1.82. The molecule has 2 aromatic rings. The predicted molar refractivity (Wildman–Crippen MR) is 69.1 cm³/mol. The highest BCUT2D eigenvalue weighted by Crippen LogP contribution is 2.17. The maximum atomic E-state index is 5.27. The lowest BCUT2D eigenvalue weighted by molar-refractivity contribution is 0.359. The zero-order chi connectivity index (χ0) is 13.0. The monoisotopic (exact) mass is 246 g/mol. The van der Waals surface area contributed by atoms with Gasteiger partial charge in [0.1, 0.15) is 5.69 Å². The molecular weight excluding hydrogens is 228 g/mol. The van der Waals surface area contributed by atoms with E-state index >= 15 is 0 Å². The average molecular weight is 246 g/mol. The van der Waals surface area contributed by atoms with Crippen molar-refractivity contribution in [3.8, 4) is 11.5 Å². The van der Waals surface area contributed by atoms with E-state index in [1.165, 1.54) is 0 Å². The normalized spacial score (nSPS) is 12.6. The van der Waals surface area contributed by atoms with Gasteiger partial charge in [-0.1, -0.05) is 18.1 Å². The molecule has 0 aromatic carbocycles. The summed E-state index contributed by atoms with van der Waals surface area (Å²) in [6.45, 7) is 4.11. The molecule has 5 nitrogen and oxygen atoms in total. The van der Waals surface area contributed by atoms with Gasteiger partial charge in [0.2, 0.25) is 11.7 Å². The van der Waals surface area contributed by atoms with E-state index in [2.05, 4.69) is 27.4 Å². The summed E-state index contributed by atoms with van der Waals surface area (Å²) >= 11 is 0. The van der Waals surface area contributed by atoms with Crippen LogP contribution in [0.3, 0.4) is 0 Å². The number of pyridine rings is 1. The third-order valence-electron chi connectivity index (χ3n) is 3.01. The highest BCUT2D eigenvalue weighted by molar-refractivity contribution is 5.53. The second-order valence-corrected chi connectivity index (χ2v) is 4.28. The maximum absolute atomic E-state index is 5.27. The van der Waals surface area contributed by atoms with Gasteiger partial charge in [-0.3, -0.25) is 4.98 Å². The van der Waals surface area contributed by atoms with Crippen LogP contribution in [0.25, 0.3) is 11.5 Å². The van der Waals surface area contributed by atoms with Crippen molar-refractivity contribution in [2.45, 2.75) is 32.7 Å². The molecule has 2 rings (SSSR count). The van der Waals surface area contributed by atoms with Crippen molar-refractivity contribution in [2.24, 2.45) is 0 Å². The van der Waals surface area contributed by atoms with E-state index in [9.17, 15) is 0 Å². The van der Waals surface area contributed by atoms with E-state index in [0.717, 1.165) is 24.1 Å². The van der Waals surface area contributed by atoms with Gasteiger partial charge in [0.25, 0.3) is 0 Å². The van der Waals surface area contributed by atoms with Gasteiger partial charge in [-0.2, -0.15) is 4.98 Å². The molecule has 1 N–H and O–H groups in total. The summed E-state index contributed by atoms with van der Waals surface area (Å²) in [6.07, 6.45) is 3.50. The number of hydrogen-bond donors (Lipinski definition) is 1. The molecule has 0 aliphatic heterocycles. The summed E-state index contributed by atoms with van der Waals surface area (Å²) in [4.78, 5) is 8.68. The highest BCUT2D eigenvalue weighted by atomic mass is 16.5. The summed E-state index contributed by atoms with van der Waals surface area (Å²) < 4.78 is 5.27. The van der Waals surface area contributed by atoms with Gasteiger partial charge in [-0.05, 0) is 32.0 Å². The number of likely N-dealkylation sites (N-methyl/N-ethyl adjacent to an activating group) is 1. The first-order valence-electron chi connectivity index (χ1n) is 6.16. The molecule has 0 aliphatic carbocycles. The van der Waals surface area contributed by atoms with Crippen molar-refractivity contribution >= 4 is 0 Å². The SMILES string of the molecule is CCC(Cc1nc(-c2ncccc2C)no1)NC. The van der Waals surface area contributed by atoms with Crippen LogP contribution < -0.4 is 5.32 Å². The quantitative estimate of drug-likeness (QED) is 0.874. The lowest BCUT2D eigenvalue weighted by Gasteiger charge is -2.09. The molecule has 0 radical (unpaired) electrons. The Labute approximate surface area is 107 Å². The van der Waals surface area contributed by atoms with E-state index < -0.39 is 0 Å². The van der Waals surface area contributed by atoms with Crippen LogP contribution in [0.1, 0.15) is 24.8 Å². The Balaban J connectivity index is 2.18. The van der Waals surface area contributed by atoms with Gasteiger partial charge < -0.3 is 9.84 Å². The largest absolute Gasteiger partial charge is 0.339 e. The van der Waals surface area contributed by atoms with Crippen LogP contribution in [-0.2, 0) is 6.42 Å². The van der Waals surface area contributed by atoms with E-state index in [0.29, 0.717) is 17.8 Å². The minimum atomic E-state index is 0.364. The van der Waals surface area contributed by atoms with Gasteiger partial charge in [-0.15, -0.1) is 0 Å². The lowest BCUT2D eigenvalue weighted by atomic mass is 10.1. The molecule has 1 unspecified atom stereocenters. The average Bonchev–Trinajstić information content (AvgIpc) is 2.85. The first kappa shape index (κ1) is 12.7. The summed E-state index contributed by atoms with van der Waals surface area (Å²) in [6, 6.07) is 4.25. The molecule has 1 atom stereocenters. The number of aromatic nitrogens is 3. The van der Waals surface area contributed by atoms with Crippen LogP contribution in [0.5, 0.6) is 0 Å². The highest BCUT2D eigenvalue weighted by Gasteiger charge is 2.14. The topological polar surface area (TPSA) is 63.8 Å². The summed E-state index contributed by atoms with van der Waals surface area (Å²) in [5.41, 5.74) is 1.83. The van der Waals surface area contributed by atoms with Crippen LogP contribution in [0, 0.1) is 6.92 Å². The fraction of sp³-hybridized carbons (Fsp3) is 0.462. The van der Waals surface area contributed by atoms with Crippen molar-refractivity contribution in [2.75, 3.05) is 7.05 Å². The summed E-state index contributed by atoms with van der Waals surface area (Å²) in [5.74, 6) is 1.21. The van der Waals surface area contributed by atoms with E-state index in [1.807, 2.05) is 26.1 Å². The predicted octanol–water partition coefficient (Wildman–Crippen LogP) is 1.98. The molecule has 5 heteroatoms. The van der Waals surface area contributed by atoms with Gasteiger partial charge in [-0.25, -0.2) is 0 Å². The van der Waals surface area contributed by atoms with Crippen molar-refractivity contribution in [1.82, 2.24) is 20.4 Å². The summed E-state index contributed by atoms with van der Waals surface area (Å²) in [5, 5.41) is 7.21. The Bertz CT molecular complexity index is 505. The minimum absolute atomic E-state index is 0.364. The van der Waals surface area contributed by atoms with Crippen molar-refractivity contribution in [3.63, 3.8) is 0 Å². The van der Waals surface area contributed by atoms with Crippen LogP contribution >= 0.6 is 0 Å². The third-order valence-corrected chi connectivity index (χ3v) is 3.01. The van der Waals surface area contributed by atoms with E-state index in [4.69, 9.17) is 4.52 Å². The number of hydrogen-bond acceptors (Lipinski definition) is 5. The van der Waals surface area contributed by atoms with Crippen LogP contribution in [0.2, 0.25) is 0 Å². The maximum Gasteiger partial charge on any atom is 0.228 e. The Morgan fingerprint density at radius 3 is 2.94 bits per heavy atom. The van der Waals surface area contributed by atoms with Crippen molar-refractivity contribution in [1.29, 1.82) is 0 Å². The Morgan fingerprint density at radius 2 is 2.28 bits per heavy atom. The second kappa shape index (κ2) is 5.73. The number of nitrogens with zero attached hydrogens (tertiary/aromatic N) is 3. The minimum Gasteiger partial charge on any atom is -0.339 e. The molecule has 0 bridgehead atoms. The second-order valence-electron chi connectivity index (χ2n) is 4.28. The standard InChI is InChI=1S/C13H18N4O/c1-4-10(14-3)8-11-16-13(17-18-11)12-9(2)6-5-7-15-12/h5-7,10,14H,4,8H2,1-3H3. The number of nitrogens with one attached hydrogen (secondary N) is 1. The molecule has 0 spiro atoms. The van der Waals surface area contributed by atoms with Crippen molar-refractivity contribution < 1.29 is 4.52 Å². The van der Waals surface area contributed by atoms with Gasteiger partial charge in [0.05, 0.1) is 0 Å². The van der Waals surface area contributed by atoms with E-state index in [1.54, 1.807) is 6.20 Å². The Kier molecular flexibility index (Phi) is 4.04.